The summed E-state index contributed by atoms with van der Waals surface area (Å²) < 4.78 is 0. The standard InChI is InChI=1S/C14H13Cl2N3O/c15-12-4-3-11(9-13(12)16)10-14(20)19(7-1-5-17)8-2-6-18/h3-4,9H,1-2,7-8,10H2. The molecule has 4 nitrogen and oxygen atoms in total. The van der Waals surface area contributed by atoms with E-state index in [2.05, 4.69) is 0 Å². The molecule has 1 aromatic carbocycles. The van der Waals surface area contributed by atoms with E-state index in [9.17, 15) is 4.79 Å². The molecule has 0 heterocycles. The number of hydrogen-bond acceptors (Lipinski definition) is 3. The molecule has 0 radical (unpaired) electrons. The lowest BCUT2D eigenvalue weighted by Crippen LogP contribution is -2.33. The molecule has 0 unspecified atom stereocenters. The summed E-state index contributed by atoms with van der Waals surface area (Å²) >= 11 is 11.7. The fraction of sp³-hybridized carbons (Fsp3) is 0.357. The normalized spacial score (nSPS) is 9.60. The summed E-state index contributed by atoms with van der Waals surface area (Å²) in [5, 5.41) is 18.0. The van der Waals surface area contributed by atoms with E-state index in [0.717, 1.165) is 5.56 Å². The number of carbonyl (C=O) groups is 1. The quantitative estimate of drug-likeness (QED) is 0.810. The van der Waals surface area contributed by atoms with Gasteiger partial charge in [0.05, 0.1) is 41.4 Å². The average molecular weight is 310 g/mol. The first-order valence-electron chi connectivity index (χ1n) is 6.04. The first-order chi connectivity index (χ1) is 9.58. The van der Waals surface area contributed by atoms with E-state index >= 15 is 0 Å². The second-order valence-electron chi connectivity index (χ2n) is 4.12. The number of nitriles is 2. The molecular weight excluding hydrogens is 297 g/mol. The van der Waals surface area contributed by atoms with E-state index < -0.39 is 0 Å². The van der Waals surface area contributed by atoms with Gasteiger partial charge in [-0.2, -0.15) is 10.5 Å². The maximum atomic E-state index is 12.2. The molecule has 0 saturated heterocycles. The van der Waals surface area contributed by atoms with Gasteiger partial charge in [-0.3, -0.25) is 4.79 Å². The second kappa shape index (κ2) is 8.43. The van der Waals surface area contributed by atoms with Crippen LogP contribution >= 0.6 is 23.2 Å². The molecule has 104 valence electrons. The van der Waals surface area contributed by atoms with Gasteiger partial charge in [-0.25, -0.2) is 0 Å². The summed E-state index contributed by atoms with van der Waals surface area (Å²) in [4.78, 5) is 13.7. The zero-order chi connectivity index (χ0) is 15.0. The van der Waals surface area contributed by atoms with Gasteiger partial charge in [-0.1, -0.05) is 29.3 Å². The summed E-state index contributed by atoms with van der Waals surface area (Å²) in [5.41, 5.74) is 0.753. The van der Waals surface area contributed by atoms with Gasteiger partial charge in [0, 0.05) is 13.1 Å². The molecule has 0 fully saturated rings. The van der Waals surface area contributed by atoms with E-state index in [1.807, 2.05) is 12.1 Å². The first kappa shape index (κ1) is 16.3. The largest absolute Gasteiger partial charge is 0.340 e. The molecule has 6 heteroatoms. The lowest BCUT2D eigenvalue weighted by atomic mass is 10.1. The summed E-state index contributed by atoms with van der Waals surface area (Å²) in [5.74, 6) is -0.131. The number of amides is 1. The van der Waals surface area contributed by atoms with Gasteiger partial charge in [0.15, 0.2) is 0 Å². The molecule has 0 aliphatic rings. The lowest BCUT2D eigenvalue weighted by Gasteiger charge is -2.20. The Morgan fingerprint density at radius 2 is 1.70 bits per heavy atom. The van der Waals surface area contributed by atoms with Crippen LogP contribution in [0.5, 0.6) is 0 Å². The minimum Gasteiger partial charge on any atom is -0.340 e. The highest BCUT2D eigenvalue weighted by Gasteiger charge is 2.14. The topological polar surface area (TPSA) is 67.9 Å². The lowest BCUT2D eigenvalue weighted by molar-refractivity contribution is -0.130. The smallest absolute Gasteiger partial charge is 0.227 e. The third-order valence-corrected chi connectivity index (χ3v) is 3.42. The maximum Gasteiger partial charge on any atom is 0.227 e. The Morgan fingerprint density at radius 3 is 2.20 bits per heavy atom. The highest BCUT2D eigenvalue weighted by molar-refractivity contribution is 6.42. The van der Waals surface area contributed by atoms with Gasteiger partial charge in [-0.15, -0.1) is 0 Å². The molecule has 0 aliphatic carbocycles. The van der Waals surface area contributed by atoms with Crippen LogP contribution in [0, 0.1) is 22.7 Å². The van der Waals surface area contributed by atoms with Crippen molar-refractivity contribution in [1.82, 2.24) is 4.90 Å². The van der Waals surface area contributed by atoms with Crippen molar-refractivity contribution >= 4 is 29.1 Å². The highest BCUT2D eigenvalue weighted by atomic mass is 35.5. The summed E-state index contributed by atoms with van der Waals surface area (Å²) in [7, 11) is 0. The number of benzene rings is 1. The van der Waals surface area contributed by atoms with Crippen LogP contribution < -0.4 is 0 Å². The van der Waals surface area contributed by atoms with E-state index in [1.54, 1.807) is 18.2 Å². The van der Waals surface area contributed by atoms with Gasteiger partial charge >= 0.3 is 0 Å². The third-order valence-electron chi connectivity index (χ3n) is 2.68. The Labute approximate surface area is 128 Å². The van der Waals surface area contributed by atoms with E-state index in [-0.39, 0.29) is 25.2 Å². The SMILES string of the molecule is N#CCCN(CCC#N)C(=O)Cc1ccc(Cl)c(Cl)c1. The molecule has 0 spiro atoms. The van der Waals surface area contributed by atoms with Crippen LogP contribution in [-0.2, 0) is 11.2 Å². The number of carbonyl (C=O) groups excluding carboxylic acids is 1. The maximum absolute atomic E-state index is 12.2. The van der Waals surface area contributed by atoms with Gasteiger partial charge < -0.3 is 4.90 Å². The van der Waals surface area contributed by atoms with Crippen LogP contribution in [0.15, 0.2) is 18.2 Å². The van der Waals surface area contributed by atoms with Crippen molar-refractivity contribution < 1.29 is 4.79 Å². The van der Waals surface area contributed by atoms with E-state index in [1.165, 1.54) is 4.90 Å². The number of rotatable bonds is 6. The molecule has 20 heavy (non-hydrogen) atoms. The monoisotopic (exact) mass is 309 g/mol. The summed E-state index contributed by atoms with van der Waals surface area (Å²) in [6.45, 7) is 0.663. The molecule has 0 N–H and O–H groups in total. The Hall–Kier alpha value is -1.75. The zero-order valence-electron chi connectivity index (χ0n) is 10.8. The molecule has 0 saturated carbocycles. The fourth-order valence-electron chi connectivity index (χ4n) is 1.67. The van der Waals surface area contributed by atoms with Crippen molar-refractivity contribution in [3.8, 4) is 12.1 Å². The van der Waals surface area contributed by atoms with Crippen LogP contribution in [0.25, 0.3) is 0 Å². The van der Waals surface area contributed by atoms with E-state index in [0.29, 0.717) is 23.1 Å². The van der Waals surface area contributed by atoms with Gasteiger partial charge in [0.25, 0.3) is 0 Å². The van der Waals surface area contributed by atoms with Crippen molar-refractivity contribution in [1.29, 1.82) is 10.5 Å². The highest BCUT2D eigenvalue weighted by Crippen LogP contribution is 2.23. The van der Waals surface area contributed by atoms with Crippen molar-refractivity contribution in [3.63, 3.8) is 0 Å². The summed E-state index contributed by atoms with van der Waals surface area (Å²) in [6.07, 6.45) is 0.671. The zero-order valence-corrected chi connectivity index (χ0v) is 12.3. The van der Waals surface area contributed by atoms with Gasteiger partial charge in [-0.05, 0) is 17.7 Å². The Balaban J connectivity index is 2.71. The van der Waals surface area contributed by atoms with Crippen LogP contribution in [-0.4, -0.2) is 23.9 Å². The van der Waals surface area contributed by atoms with Crippen molar-refractivity contribution in [2.45, 2.75) is 19.3 Å². The molecule has 0 aliphatic heterocycles. The molecule has 0 bridgehead atoms. The molecule has 0 atom stereocenters. The Bertz CT molecular complexity index is 543. The van der Waals surface area contributed by atoms with Gasteiger partial charge in [0.2, 0.25) is 5.91 Å². The second-order valence-corrected chi connectivity index (χ2v) is 4.94. The minimum absolute atomic E-state index is 0.131. The molecule has 1 amide bonds. The predicted octanol–water partition coefficient (Wildman–Crippen LogP) is 3.19. The fourth-order valence-corrected chi connectivity index (χ4v) is 1.99. The number of halogens is 2. The van der Waals surface area contributed by atoms with Crippen molar-refractivity contribution in [3.05, 3.63) is 33.8 Å². The molecule has 1 rings (SSSR count). The van der Waals surface area contributed by atoms with Gasteiger partial charge in [0.1, 0.15) is 0 Å². The molecular formula is C14H13Cl2N3O. The Morgan fingerprint density at radius 1 is 1.10 bits per heavy atom. The average Bonchev–Trinajstić information content (AvgIpc) is 2.43. The van der Waals surface area contributed by atoms with Crippen LogP contribution in [0.3, 0.4) is 0 Å². The van der Waals surface area contributed by atoms with E-state index in [4.69, 9.17) is 33.7 Å². The van der Waals surface area contributed by atoms with Crippen LogP contribution in [0.4, 0.5) is 0 Å². The van der Waals surface area contributed by atoms with Crippen LogP contribution in [0.1, 0.15) is 18.4 Å². The summed E-state index contributed by atoms with van der Waals surface area (Å²) in [6, 6.07) is 9.01. The van der Waals surface area contributed by atoms with Crippen LogP contribution in [0.2, 0.25) is 10.0 Å². The predicted molar refractivity (Wildman–Crippen MR) is 77.2 cm³/mol. The molecule has 0 aromatic heterocycles. The Kier molecular flexibility index (Phi) is 6.87. The first-order valence-corrected chi connectivity index (χ1v) is 6.79. The number of hydrogen-bond donors (Lipinski definition) is 0. The number of nitrogens with zero attached hydrogens (tertiary/aromatic N) is 3. The third kappa shape index (κ3) is 5.09. The van der Waals surface area contributed by atoms with Crippen molar-refractivity contribution in [2.75, 3.05) is 13.1 Å². The minimum atomic E-state index is -0.131. The molecule has 1 aromatic rings. The van der Waals surface area contributed by atoms with Crippen molar-refractivity contribution in [2.24, 2.45) is 0 Å².